The number of carboxylic acid groups (broad SMARTS) is 1. The van der Waals surface area contributed by atoms with E-state index in [0.29, 0.717) is 44.9 Å². The zero-order valence-electron chi connectivity index (χ0n) is 26.0. The third-order valence-electron chi connectivity index (χ3n) is 14.1. The Balaban J connectivity index is 1.61. The van der Waals surface area contributed by atoms with Crippen molar-refractivity contribution in [3.8, 4) is 0 Å². The third kappa shape index (κ3) is 4.53. The molecule has 11 atom stereocenters. The number of carboxylic acids is 1. The van der Waals surface area contributed by atoms with Crippen molar-refractivity contribution in [2.45, 2.75) is 111 Å². The molecular formula is C30H48O11S2. The van der Waals surface area contributed by atoms with Gasteiger partial charge in [0.15, 0.2) is 0 Å². The summed E-state index contributed by atoms with van der Waals surface area (Å²) in [5.74, 6) is -1.30. The van der Waals surface area contributed by atoms with Crippen molar-refractivity contribution >= 4 is 26.8 Å². The lowest BCUT2D eigenvalue weighted by Gasteiger charge is -2.72. The van der Waals surface area contributed by atoms with Crippen molar-refractivity contribution in [2.75, 3.05) is 6.61 Å². The number of carbonyl (C=O) groups is 1. The highest BCUT2D eigenvalue weighted by Crippen LogP contribution is 2.76. The van der Waals surface area contributed by atoms with Crippen LogP contribution >= 0.6 is 0 Å². The van der Waals surface area contributed by atoms with E-state index in [1.807, 2.05) is 6.92 Å². The summed E-state index contributed by atoms with van der Waals surface area (Å²) in [6, 6.07) is 0. The molecule has 4 fully saturated rings. The topological polar surface area (TPSA) is 185 Å². The quantitative estimate of drug-likeness (QED) is 0.228. The van der Waals surface area contributed by atoms with Crippen LogP contribution in [0.5, 0.6) is 0 Å². The molecule has 0 bridgehead atoms. The molecule has 0 amide bonds. The lowest BCUT2D eigenvalue weighted by Crippen LogP contribution is -2.71. The molecule has 13 heteroatoms. The first kappa shape index (κ1) is 33.3. The van der Waals surface area contributed by atoms with Gasteiger partial charge in [0.1, 0.15) is 11.0 Å². The molecule has 0 aromatic carbocycles. The second-order valence-corrected chi connectivity index (χ2v) is 17.6. The van der Waals surface area contributed by atoms with E-state index in [9.17, 15) is 40.9 Å². The van der Waals surface area contributed by atoms with Crippen LogP contribution in [0.2, 0.25) is 0 Å². The Labute approximate surface area is 255 Å². The summed E-state index contributed by atoms with van der Waals surface area (Å²) in [7, 11) is -9.70. The van der Waals surface area contributed by atoms with Crippen LogP contribution < -0.4 is 0 Å². The molecular weight excluding hydrogens is 600 g/mol. The first-order valence-corrected chi connectivity index (χ1v) is 18.2. The smallest absolute Gasteiger partial charge is 0.397 e. The van der Waals surface area contributed by atoms with Crippen LogP contribution in [0.15, 0.2) is 11.6 Å². The minimum absolute atomic E-state index is 0.0292. The predicted molar refractivity (Wildman–Crippen MR) is 156 cm³/mol. The number of allylic oxidation sites excluding steroid dienone is 1. The molecule has 4 N–H and O–H groups in total. The molecule has 0 heterocycles. The lowest BCUT2D eigenvalue weighted by molar-refractivity contribution is -0.235. The molecule has 0 saturated heterocycles. The predicted octanol–water partition coefficient (Wildman–Crippen LogP) is 4.83. The second kappa shape index (κ2) is 9.95. The highest BCUT2D eigenvalue weighted by Gasteiger charge is 2.74. The number of aliphatic hydroxyl groups is 1. The summed E-state index contributed by atoms with van der Waals surface area (Å²) in [5, 5.41) is 23.3. The zero-order valence-corrected chi connectivity index (χ0v) is 27.6. The average molecular weight is 649 g/mol. The Hall–Kier alpha value is -1.09. The van der Waals surface area contributed by atoms with Gasteiger partial charge in [-0.25, -0.2) is 8.37 Å². The molecule has 11 nitrogen and oxygen atoms in total. The van der Waals surface area contributed by atoms with Gasteiger partial charge < -0.3 is 10.2 Å². The van der Waals surface area contributed by atoms with Gasteiger partial charge in [-0.1, -0.05) is 47.6 Å². The van der Waals surface area contributed by atoms with E-state index in [2.05, 4.69) is 33.8 Å². The normalized spacial score (nSPS) is 50.0. The van der Waals surface area contributed by atoms with E-state index in [4.69, 9.17) is 8.37 Å². The van der Waals surface area contributed by atoms with E-state index in [0.717, 1.165) is 12.0 Å². The molecule has 43 heavy (non-hydrogen) atoms. The third-order valence-corrected chi connectivity index (χ3v) is 15.0. The van der Waals surface area contributed by atoms with Gasteiger partial charge in [-0.3, -0.25) is 13.9 Å². The van der Waals surface area contributed by atoms with E-state index in [1.165, 1.54) is 0 Å². The van der Waals surface area contributed by atoms with Crippen molar-refractivity contribution < 1.29 is 49.3 Å². The molecule has 0 aromatic heterocycles. The van der Waals surface area contributed by atoms with Crippen molar-refractivity contribution in [1.29, 1.82) is 0 Å². The minimum Gasteiger partial charge on any atom is -0.481 e. The van der Waals surface area contributed by atoms with Crippen LogP contribution in [0.1, 0.15) is 99.3 Å². The van der Waals surface area contributed by atoms with Gasteiger partial charge in [0.2, 0.25) is 0 Å². The van der Waals surface area contributed by atoms with Crippen LogP contribution in [0.4, 0.5) is 0 Å². The van der Waals surface area contributed by atoms with Crippen LogP contribution in [0, 0.1) is 50.7 Å². The number of hydrogen-bond acceptors (Lipinski definition) is 8. The summed E-state index contributed by atoms with van der Waals surface area (Å²) in [6.45, 7) is 11.8. The molecule has 0 unspecified atom stereocenters. The number of rotatable bonds is 6. The number of hydrogen-bond donors (Lipinski definition) is 4. The molecule has 4 saturated carbocycles. The van der Waals surface area contributed by atoms with Gasteiger partial charge >= 0.3 is 26.8 Å². The summed E-state index contributed by atoms with van der Waals surface area (Å²) < 4.78 is 75.9. The minimum atomic E-state index is -4.86. The Kier molecular flexibility index (Phi) is 7.70. The fourth-order valence-corrected chi connectivity index (χ4v) is 12.4. The Morgan fingerprint density at radius 1 is 0.907 bits per heavy atom. The molecule has 5 aliphatic rings. The van der Waals surface area contributed by atoms with Crippen LogP contribution in [-0.4, -0.2) is 60.4 Å². The van der Waals surface area contributed by atoms with Crippen molar-refractivity contribution in [3.63, 3.8) is 0 Å². The largest absolute Gasteiger partial charge is 0.481 e. The maximum atomic E-state index is 12.9. The van der Waals surface area contributed by atoms with E-state index >= 15 is 0 Å². The van der Waals surface area contributed by atoms with E-state index in [-0.39, 0.29) is 35.5 Å². The van der Waals surface area contributed by atoms with Gasteiger partial charge in [0.25, 0.3) is 0 Å². The van der Waals surface area contributed by atoms with Crippen molar-refractivity contribution in [2.24, 2.45) is 50.7 Å². The monoisotopic (exact) mass is 648 g/mol. The first-order chi connectivity index (χ1) is 19.5. The highest BCUT2D eigenvalue weighted by molar-refractivity contribution is 7.81. The summed E-state index contributed by atoms with van der Waals surface area (Å²) in [4.78, 5) is 12.9. The van der Waals surface area contributed by atoms with E-state index < -0.39 is 66.7 Å². The maximum absolute atomic E-state index is 12.9. The standard InChI is InChI=1S/C30H48O11S2/c1-18-9-14-29(24(31)32)16-15-28(6)22(30(29,33)19(18)2)8-7-21-25(3)12-11-23(41-43(37,38)39)26(4,17-40-42(34,35)36)20(25)10-13-27(21,28)5/h8,18-21,23,33H,7,9-17H2,1-6H3,(H,31,32)(H,34,35,36)(H,37,38,39)/t18-,19+,20-,21-,23+,25+,26+,27-,28-,29-,30-/m1/s1. The molecule has 246 valence electrons. The Morgan fingerprint density at radius 3 is 2.14 bits per heavy atom. The van der Waals surface area contributed by atoms with Gasteiger partial charge in [-0.05, 0) is 103 Å². The molecule has 0 aromatic rings. The summed E-state index contributed by atoms with van der Waals surface area (Å²) in [5.41, 5.74) is -4.41. The van der Waals surface area contributed by atoms with Crippen LogP contribution in [-0.2, 0) is 34.0 Å². The summed E-state index contributed by atoms with van der Waals surface area (Å²) >= 11 is 0. The molecule has 5 rings (SSSR count). The maximum Gasteiger partial charge on any atom is 0.397 e. The number of fused-ring (bicyclic) bond motifs is 7. The Bertz CT molecular complexity index is 1430. The highest BCUT2D eigenvalue weighted by atomic mass is 32.3. The lowest BCUT2D eigenvalue weighted by atomic mass is 9.32. The fourth-order valence-electron chi connectivity index (χ4n) is 11.4. The van der Waals surface area contributed by atoms with Crippen molar-refractivity contribution in [1.82, 2.24) is 0 Å². The molecule has 0 spiro atoms. The second-order valence-electron chi connectivity index (χ2n) is 15.5. The van der Waals surface area contributed by atoms with Gasteiger partial charge in [0.05, 0.1) is 12.7 Å². The van der Waals surface area contributed by atoms with Gasteiger partial charge in [0, 0.05) is 5.41 Å². The first-order valence-electron chi connectivity index (χ1n) is 15.5. The fraction of sp³-hybridized carbons (Fsp3) is 0.900. The van der Waals surface area contributed by atoms with E-state index in [1.54, 1.807) is 6.92 Å². The summed E-state index contributed by atoms with van der Waals surface area (Å²) in [6.07, 6.45) is 5.71. The van der Waals surface area contributed by atoms with Crippen LogP contribution in [0.25, 0.3) is 0 Å². The molecule has 0 aliphatic heterocycles. The van der Waals surface area contributed by atoms with Crippen molar-refractivity contribution in [3.05, 3.63) is 11.6 Å². The van der Waals surface area contributed by atoms with Gasteiger partial charge in [-0.2, -0.15) is 16.8 Å². The van der Waals surface area contributed by atoms with Crippen LogP contribution in [0.3, 0.4) is 0 Å². The SMILES string of the molecule is C[C@@H]1CC[C@]2(C(=O)O)CC[C@]3(C)C(=CC[C@@H]4[C@@]5(C)CC[C@H](OS(=O)(=O)O)[C@@](C)(COS(=O)(=O)O)[C@@H]5CC[C@]43C)[C@]2(O)[C@H]1C. The zero-order chi connectivity index (χ0) is 32.2. The van der Waals surface area contributed by atoms with Gasteiger partial charge in [-0.15, -0.1) is 0 Å². The Morgan fingerprint density at radius 2 is 1.56 bits per heavy atom. The molecule has 0 radical (unpaired) electrons. The molecule has 5 aliphatic carbocycles. The number of aliphatic carboxylic acids is 1. The average Bonchev–Trinajstić information content (AvgIpc) is 2.87.